The van der Waals surface area contributed by atoms with Gasteiger partial charge in [-0.1, -0.05) is 37.9 Å². The average molecular weight is 311 g/mol. The first-order valence-electron chi connectivity index (χ1n) is 8.27. The molecule has 2 unspecified atom stereocenters. The van der Waals surface area contributed by atoms with E-state index in [1.807, 2.05) is 0 Å². The van der Waals surface area contributed by atoms with Crippen molar-refractivity contribution in [2.24, 2.45) is 11.1 Å². The molecular weight excluding hydrogens is 282 g/mol. The number of nitrogens with two attached hydrogens (primary N) is 1. The van der Waals surface area contributed by atoms with Crippen LogP contribution in [0.4, 0.5) is 0 Å². The minimum absolute atomic E-state index is 0.0821. The molecule has 1 aliphatic carbocycles. The quantitative estimate of drug-likeness (QED) is 0.620. The molecule has 1 amide bonds. The molecule has 5 heteroatoms. The molecule has 0 aromatic carbocycles. The summed E-state index contributed by atoms with van der Waals surface area (Å²) in [6.07, 6.45) is 8.12. The second kappa shape index (κ2) is 7.05. The Morgan fingerprint density at radius 3 is 2.43 bits per heavy atom. The van der Waals surface area contributed by atoms with Gasteiger partial charge in [-0.15, -0.1) is 0 Å². The zero-order valence-electron chi connectivity index (χ0n) is 13.4. The fourth-order valence-corrected chi connectivity index (χ4v) is 3.96. The molecular formula is C16H29N3OS. The zero-order chi connectivity index (χ0) is 15.5. The molecule has 0 aromatic heterocycles. The monoisotopic (exact) mass is 311 g/mol. The summed E-state index contributed by atoms with van der Waals surface area (Å²) < 4.78 is 0. The predicted molar refractivity (Wildman–Crippen MR) is 90.2 cm³/mol. The molecule has 1 aliphatic heterocycles. The van der Waals surface area contributed by atoms with E-state index in [0.29, 0.717) is 11.0 Å². The summed E-state index contributed by atoms with van der Waals surface area (Å²) in [5.41, 5.74) is 5.39. The maximum absolute atomic E-state index is 12.9. The summed E-state index contributed by atoms with van der Waals surface area (Å²) in [6, 6.07) is 0.775. The zero-order valence-corrected chi connectivity index (χ0v) is 14.2. The normalized spacial score (nSPS) is 30.4. The van der Waals surface area contributed by atoms with Crippen LogP contribution in [0.15, 0.2) is 0 Å². The smallest absolute Gasteiger partial charge is 0.233 e. The van der Waals surface area contributed by atoms with Gasteiger partial charge in [0.25, 0.3) is 0 Å². The number of rotatable bonds is 3. The molecule has 2 aliphatic rings. The lowest BCUT2D eigenvalue weighted by atomic mass is 9.78. The second-order valence-corrected chi connectivity index (χ2v) is 7.32. The van der Waals surface area contributed by atoms with E-state index in [0.717, 1.165) is 45.1 Å². The number of carbonyl (C=O) groups excluding carboxylic acids is 1. The van der Waals surface area contributed by atoms with Crippen molar-refractivity contribution in [3.8, 4) is 0 Å². The van der Waals surface area contributed by atoms with E-state index in [9.17, 15) is 4.79 Å². The maximum Gasteiger partial charge on any atom is 0.233 e. The second-order valence-electron chi connectivity index (χ2n) is 6.88. The highest BCUT2D eigenvalue weighted by molar-refractivity contribution is 7.80. The molecule has 0 bridgehead atoms. The average Bonchev–Trinajstić information content (AvgIpc) is 2.69. The van der Waals surface area contributed by atoms with E-state index >= 15 is 0 Å². The van der Waals surface area contributed by atoms with Gasteiger partial charge in [0.2, 0.25) is 5.91 Å². The number of hydrogen-bond donors (Lipinski definition) is 2. The molecule has 1 saturated carbocycles. The summed E-state index contributed by atoms with van der Waals surface area (Å²) >= 11 is 5.28. The molecule has 120 valence electrons. The molecule has 0 radical (unpaired) electrons. The first-order chi connectivity index (χ1) is 9.95. The summed E-state index contributed by atoms with van der Waals surface area (Å²) in [5.74, 6) is 0.0821. The molecule has 2 rings (SSSR count). The minimum atomic E-state index is -0.599. The van der Waals surface area contributed by atoms with Crippen molar-refractivity contribution in [2.75, 3.05) is 13.6 Å². The highest BCUT2D eigenvalue weighted by atomic mass is 32.1. The van der Waals surface area contributed by atoms with E-state index in [2.05, 4.69) is 24.2 Å². The third-order valence-corrected chi connectivity index (χ3v) is 5.80. The van der Waals surface area contributed by atoms with Crippen LogP contribution in [-0.4, -0.2) is 41.5 Å². The lowest BCUT2D eigenvalue weighted by Crippen LogP contribution is -2.54. The van der Waals surface area contributed by atoms with E-state index in [1.54, 1.807) is 0 Å². The molecule has 1 saturated heterocycles. The van der Waals surface area contributed by atoms with Crippen molar-refractivity contribution in [2.45, 2.75) is 70.4 Å². The van der Waals surface area contributed by atoms with Crippen molar-refractivity contribution in [3.63, 3.8) is 0 Å². The van der Waals surface area contributed by atoms with E-state index in [-0.39, 0.29) is 11.9 Å². The van der Waals surface area contributed by atoms with Gasteiger partial charge in [0.15, 0.2) is 0 Å². The van der Waals surface area contributed by atoms with Gasteiger partial charge in [-0.2, -0.15) is 0 Å². The Morgan fingerprint density at radius 2 is 1.90 bits per heavy atom. The van der Waals surface area contributed by atoms with Gasteiger partial charge in [-0.05, 0) is 39.7 Å². The number of thiocarbonyl (C=S) groups is 1. The Kier molecular flexibility index (Phi) is 5.60. The van der Waals surface area contributed by atoms with Crippen LogP contribution in [0.3, 0.4) is 0 Å². The molecule has 21 heavy (non-hydrogen) atoms. The van der Waals surface area contributed by atoms with Crippen LogP contribution in [0.2, 0.25) is 0 Å². The van der Waals surface area contributed by atoms with Crippen molar-refractivity contribution < 1.29 is 4.79 Å². The van der Waals surface area contributed by atoms with Gasteiger partial charge >= 0.3 is 0 Å². The van der Waals surface area contributed by atoms with Gasteiger partial charge < -0.3 is 16.0 Å². The van der Waals surface area contributed by atoms with Crippen molar-refractivity contribution >= 4 is 23.1 Å². The number of carbonyl (C=O) groups is 1. The van der Waals surface area contributed by atoms with Crippen LogP contribution in [0.1, 0.15) is 58.3 Å². The van der Waals surface area contributed by atoms with Crippen molar-refractivity contribution in [1.82, 2.24) is 10.2 Å². The van der Waals surface area contributed by atoms with E-state index < -0.39 is 5.41 Å². The molecule has 2 fully saturated rings. The topological polar surface area (TPSA) is 58.4 Å². The summed E-state index contributed by atoms with van der Waals surface area (Å²) in [5, 5.41) is 3.26. The maximum atomic E-state index is 12.9. The fraction of sp³-hybridized carbons (Fsp3) is 0.875. The SMILES string of the molecule is CC1CC(NC(=O)C2(C(N)=S)CCCCCC2)CCN1C. The largest absolute Gasteiger partial charge is 0.392 e. The van der Waals surface area contributed by atoms with Crippen LogP contribution in [0.25, 0.3) is 0 Å². The minimum Gasteiger partial charge on any atom is -0.392 e. The molecule has 2 atom stereocenters. The number of nitrogens with one attached hydrogen (secondary N) is 1. The van der Waals surface area contributed by atoms with Crippen LogP contribution in [0, 0.1) is 5.41 Å². The Balaban J connectivity index is 2.03. The highest BCUT2D eigenvalue weighted by Gasteiger charge is 2.42. The van der Waals surface area contributed by atoms with Crippen molar-refractivity contribution in [1.29, 1.82) is 0 Å². The van der Waals surface area contributed by atoms with Gasteiger partial charge in [-0.3, -0.25) is 4.79 Å². The Bertz CT molecular complexity index is 391. The third kappa shape index (κ3) is 3.75. The summed E-state index contributed by atoms with van der Waals surface area (Å²) in [6.45, 7) is 3.25. The lowest BCUT2D eigenvalue weighted by Gasteiger charge is -2.38. The Morgan fingerprint density at radius 1 is 1.29 bits per heavy atom. The van der Waals surface area contributed by atoms with Gasteiger partial charge in [0.05, 0.1) is 10.4 Å². The highest BCUT2D eigenvalue weighted by Crippen LogP contribution is 2.36. The van der Waals surface area contributed by atoms with Gasteiger partial charge in [-0.25, -0.2) is 0 Å². The fourth-order valence-electron chi connectivity index (χ4n) is 3.66. The number of hydrogen-bond acceptors (Lipinski definition) is 3. The van der Waals surface area contributed by atoms with Crippen LogP contribution in [-0.2, 0) is 4.79 Å². The number of piperidine rings is 1. The number of amides is 1. The van der Waals surface area contributed by atoms with E-state index in [1.165, 1.54) is 12.8 Å². The van der Waals surface area contributed by atoms with Gasteiger partial charge in [0.1, 0.15) is 0 Å². The number of nitrogens with zero attached hydrogens (tertiary/aromatic N) is 1. The lowest BCUT2D eigenvalue weighted by molar-refractivity contribution is -0.129. The Hall–Kier alpha value is -0.680. The van der Waals surface area contributed by atoms with Gasteiger partial charge in [0, 0.05) is 18.6 Å². The molecule has 1 heterocycles. The Labute approximate surface area is 133 Å². The standard InChI is InChI=1S/C16H29N3OS/c1-12-11-13(7-10-19(12)2)18-15(20)16(14(17)21)8-5-3-4-6-9-16/h12-13H,3-11H2,1-2H3,(H2,17,21)(H,18,20). The first-order valence-corrected chi connectivity index (χ1v) is 8.67. The molecule has 4 nitrogen and oxygen atoms in total. The molecule has 0 aromatic rings. The third-order valence-electron chi connectivity index (χ3n) is 5.41. The predicted octanol–water partition coefficient (Wildman–Crippen LogP) is 2.21. The van der Waals surface area contributed by atoms with Crippen molar-refractivity contribution in [3.05, 3.63) is 0 Å². The molecule has 3 N–H and O–H groups in total. The number of likely N-dealkylation sites (tertiary alicyclic amines) is 1. The summed E-state index contributed by atoms with van der Waals surface area (Å²) in [4.78, 5) is 15.6. The van der Waals surface area contributed by atoms with Crippen LogP contribution >= 0.6 is 12.2 Å². The summed E-state index contributed by atoms with van der Waals surface area (Å²) in [7, 11) is 2.14. The van der Waals surface area contributed by atoms with E-state index in [4.69, 9.17) is 18.0 Å². The first kappa shape index (κ1) is 16.7. The van der Waals surface area contributed by atoms with Crippen LogP contribution < -0.4 is 11.1 Å². The van der Waals surface area contributed by atoms with Crippen LogP contribution in [0.5, 0.6) is 0 Å². The molecule has 0 spiro atoms.